The molecular weight excluding hydrogens is 455 g/mol. The van der Waals surface area contributed by atoms with E-state index in [1.807, 2.05) is 38.1 Å². The van der Waals surface area contributed by atoms with Crippen LogP contribution in [0.25, 0.3) is 0 Å². The molecule has 0 saturated heterocycles. The smallest absolute Gasteiger partial charge is 0.243 e. The number of amides is 1. The summed E-state index contributed by atoms with van der Waals surface area (Å²) < 4.78 is 27.8. The van der Waals surface area contributed by atoms with Gasteiger partial charge in [-0.15, -0.1) is 0 Å². The Morgan fingerprint density at radius 3 is 1.94 bits per heavy atom. The zero-order valence-electron chi connectivity index (χ0n) is 17.1. The lowest BCUT2D eigenvalue weighted by molar-refractivity contribution is -0.116. The van der Waals surface area contributed by atoms with Crippen LogP contribution in [0.3, 0.4) is 0 Å². The number of halogens is 2. The lowest BCUT2D eigenvalue weighted by Crippen LogP contribution is -2.37. The van der Waals surface area contributed by atoms with E-state index in [1.165, 1.54) is 0 Å². The molecular formula is C23H22Cl2N2O3S. The van der Waals surface area contributed by atoms with Crippen LogP contribution < -0.4 is 5.32 Å². The summed E-state index contributed by atoms with van der Waals surface area (Å²) in [5.41, 5.74) is 3.18. The Morgan fingerprint density at radius 2 is 1.39 bits per heavy atom. The van der Waals surface area contributed by atoms with Gasteiger partial charge in [-0.05, 0) is 49.7 Å². The molecule has 0 saturated carbocycles. The van der Waals surface area contributed by atoms with E-state index in [9.17, 15) is 13.2 Å². The Balaban J connectivity index is 1.88. The molecule has 0 atom stereocenters. The fourth-order valence-corrected chi connectivity index (χ4v) is 4.88. The number of anilines is 1. The van der Waals surface area contributed by atoms with Crippen LogP contribution in [-0.2, 0) is 21.4 Å². The molecule has 162 valence electrons. The second kappa shape index (κ2) is 9.83. The molecule has 0 aromatic heterocycles. The SMILES string of the molecule is Cc1ccc(CN(CC(=O)Nc2cc(Cl)cc(Cl)c2)S(=O)(=O)c2ccc(C)cc2)cc1. The van der Waals surface area contributed by atoms with Crippen molar-refractivity contribution in [2.45, 2.75) is 25.3 Å². The van der Waals surface area contributed by atoms with E-state index in [4.69, 9.17) is 23.2 Å². The minimum atomic E-state index is -3.91. The maximum absolute atomic E-state index is 13.3. The first-order chi connectivity index (χ1) is 14.6. The van der Waals surface area contributed by atoms with Crippen molar-refractivity contribution in [2.24, 2.45) is 0 Å². The van der Waals surface area contributed by atoms with Crippen LogP contribution in [0.1, 0.15) is 16.7 Å². The number of hydrogen-bond donors (Lipinski definition) is 1. The van der Waals surface area contributed by atoms with Gasteiger partial charge >= 0.3 is 0 Å². The summed E-state index contributed by atoms with van der Waals surface area (Å²) in [4.78, 5) is 12.8. The number of carbonyl (C=O) groups is 1. The van der Waals surface area contributed by atoms with Crippen LogP contribution in [0.4, 0.5) is 5.69 Å². The molecule has 3 aromatic rings. The van der Waals surface area contributed by atoms with Crippen molar-refractivity contribution in [1.82, 2.24) is 4.31 Å². The van der Waals surface area contributed by atoms with Gasteiger partial charge in [-0.2, -0.15) is 4.31 Å². The molecule has 31 heavy (non-hydrogen) atoms. The van der Waals surface area contributed by atoms with E-state index in [2.05, 4.69) is 5.32 Å². The molecule has 0 unspecified atom stereocenters. The first kappa shape index (κ1) is 23.3. The van der Waals surface area contributed by atoms with Crippen molar-refractivity contribution in [3.8, 4) is 0 Å². The van der Waals surface area contributed by atoms with Crippen LogP contribution in [0.15, 0.2) is 71.6 Å². The maximum Gasteiger partial charge on any atom is 0.243 e. The zero-order valence-corrected chi connectivity index (χ0v) is 19.4. The third kappa shape index (κ3) is 6.31. The molecule has 0 radical (unpaired) electrons. The lowest BCUT2D eigenvalue weighted by Gasteiger charge is -2.22. The molecule has 1 N–H and O–H groups in total. The van der Waals surface area contributed by atoms with Gasteiger partial charge < -0.3 is 5.32 Å². The zero-order chi connectivity index (χ0) is 22.6. The van der Waals surface area contributed by atoms with E-state index in [0.29, 0.717) is 15.7 Å². The highest BCUT2D eigenvalue weighted by atomic mass is 35.5. The number of aryl methyl sites for hydroxylation is 2. The van der Waals surface area contributed by atoms with E-state index in [-0.39, 0.29) is 18.0 Å². The van der Waals surface area contributed by atoms with Crippen molar-refractivity contribution in [3.63, 3.8) is 0 Å². The number of rotatable bonds is 7. The standard InChI is InChI=1S/C23H22Cl2N2O3S/c1-16-3-7-18(8-4-16)14-27(31(29,30)22-9-5-17(2)6-10-22)15-23(28)26-21-12-19(24)11-20(25)13-21/h3-13H,14-15H2,1-2H3,(H,26,28). The summed E-state index contributed by atoms with van der Waals surface area (Å²) in [6.07, 6.45) is 0. The molecule has 8 heteroatoms. The van der Waals surface area contributed by atoms with E-state index >= 15 is 0 Å². The highest BCUT2D eigenvalue weighted by Gasteiger charge is 2.27. The number of nitrogens with zero attached hydrogens (tertiary/aromatic N) is 1. The maximum atomic E-state index is 13.3. The molecule has 0 fully saturated rings. The Hall–Kier alpha value is -2.38. The van der Waals surface area contributed by atoms with Gasteiger partial charge in [0.2, 0.25) is 15.9 Å². The minimum absolute atomic E-state index is 0.0558. The monoisotopic (exact) mass is 476 g/mol. The number of carbonyl (C=O) groups excluding carboxylic acids is 1. The average molecular weight is 477 g/mol. The van der Waals surface area contributed by atoms with Gasteiger partial charge in [-0.1, -0.05) is 70.7 Å². The Morgan fingerprint density at radius 1 is 0.871 bits per heavy atom. The number of sulfonamides is 1. The third-order valence-corrected chi connectivity index (χ3v) is 6.85. The molecule has 0 aliphatic rings. The van der Waals surface area contributed by atoms with Gasteiger partial charge in [0.1, 0.15) is 0 Å². The highest BCUT2D eigenvalue weighted by Crippen LogP contribution is 2.23. The summed E-state index contributed by atoms with van der Waals surface area (Å²) in [5, 5.41) is 3.40. The molecule has 1 amide bonds. The van der Waals surface area contributed by atoms with Gasteiger partial charge in [0.05, 0.1) is 11.4 Å². The van der Waals surface area contributed by atoms with Crippen molar-refractivity contribution in [3.05, 3.63) is 93.5 Å². The Bertz CT molecular complexity index is 1160. The molecule has 5 nitrogen and oxygen atoms in total. The predicted octanol–water partition coefficient (Wildman–Crippen LogP) is 5.44. The van der Waals surface area contributed by atoms with Crippen LogP contribution >= 0.6 is 23.2 Å². The number of benzene rings is 3. The third-order valence-electron chi connectivity index (χ3n) is 4.60. The van der Waals surface area contributed by atoms with Gasteiger partial charge in [0.15, 0.2) is 0 Å². The lowest BCUT2D eigenvalue weighted by atomic mass is 10.1. The Labute approximate surface area is 192 Å². The van der Waals surface area contributed by atoms with Gasteiger partial charge in [0.25, 0.3) is 0 Å². The van der Waals surface area contributed by atoms with E-state index < -0.39 is 15.9 Å². The fraction of sp³-hybridized carbons (Fsp3) is 0.174. The first-order valence-electron chi connectivity index (χ1n) is 9.52. The first-order valence-corrected chi connectivity index (χ1v) is 11.7. The van der Waals surface area contributed by atoms with Crippen LogP contribution in [0.2, 0.25) is 10.0 Å². The molecule has 0 bridgehead atoms. The van der Waals surface area contributed by atoms with Gasteiger partial charge in [-0.3, -0.25) is 4.79 Å². The summed E-state index contributed by atoms with van der Waals surface area (Å²) in [5.74, 6) is -0.499. The Kier molecular flexibility index (Phi) is 7.38. The second-order valence-electron chi connectivity index (χ2n) is 7.28. The van der Waals surface area contributed by atoms with Crippen molar-refractivity contribution in [1.29, 1.82) is 0 Å². The normalized spacial score (nSPS) is 11.5. The average Bonchev–Trinajstić information content (AvgIpc) is 2.68. The van der Waals surface area contributed by atoms with Crippen LogP contribution in [0, 0.1) is 13.8 Å². The molecule has 0 heterocycles. The largest absolute Gasteiger partial charge is 0.325 e. The van der Waals surface area contributed by atoms with Gasteiger partial charge in [0, 0.05) is 22.3 Å². The van der Waals surface area contributed by atoms with E-state index in [1.54, 1.807) is 42.5 Å². The van der Waals surface area contributed by atoms with Crippen molar-refractivity contribution in [2.75, 3.05) is 11.9 Å². The van der Waals surface area contributed by atoms with E-state index in [0.717, 1.165) is 21.0 Å². The highest BCUT2D eigenvalue weighted by molar-refractivity contribution is 7.89. The molecule has 3 aromatic carbocycles. The quantitative estimate of drug-likeness (QED) is 0.493. The topological polar surface area (TPSA) is 66.5 Å². The van der Waals surface area contributed by atoms with Crippen LogP contribution in [-0.4, -0.2) is 25.2 Å². The minimum Gasteiger partial charge on any atom is -0.325 e. The number of nitrogens with one attached hydrogen (secondary N) is 1. The predicted molar refractivity (Wildman–Crippen MR) is 125 cm³/mol. The molecule has 0 aliphatic carbocycles. The van der Waals surface area contributed by atoms with Crippen molar-refractivity contribution < 1.29 is 13.2 Å². The molecule has 3 rings (SSSR count). The van der Waals surface area contributed by atoms with Crippen LogP contribution in [0.5, 0.6) is 0 Å². The summed E-state index contributed by atoms with van der Waals surface area (Å²) >= 11 is 12.0. The summed E-state index contributed by atoms with van der Waals surface area (Å²) in [6.45, 7) is 3.52. The van der Waals surface area contributed by atoms with Crippen molar-refractivity contribution >= 4 is 44.8 Å². The fourth-order valence-electron chi connectivity index (χ4n) is 2.97. The number of hydrogen-bond acceptors (Lipinski definition) is 3. The summed E-state index contributed by atoms with van der Waals surface area (Å²) in [6, 6.07) is 18.7. The molecule has 0 spiro atoms. The summed E-state index contributed by atoms with van der Waals surface area (Å²) in [7, 11) is -3.91. The van der Waals surface area contributed by atoms with Gasteiger partial charge in [-0.25, -0.2) is 8.42 Å². The molecule has 0 aliphatic heterocycles. The second-order valence-corrected chi connectivity index (χ2v) is 10.1.